The Morgan fingerprint density at radius 2 is 2.00 bits per heavy atom. The molecule has 0 spiro atoms. The largest absolute Gasteiger partial charge is 0.508 e. The molecule has 1 aromatic carbocycles. The second-order valence-electron chi connectivity index (χ2n) is 5.02. The van der Waals surface area contributed by atoms with Gasteiger partial charge in [0.1, 0.15) is 17.5 Å². The standard InChI is InChI=1S/C15H23NO4/c1-5-9(2)14(15(19)20-4)16-10(3)12-7-6-11(17)8-13(12)18/h6-10,14,16-18H,5H2,1-4H3. The van der Waals surface area contributed by atoms with Gasteiger partial charge in [0.15, 0.2) is 0 Å². The Balaban J connectivity index is 2.90. The number of nitrogens with one attached hydrogen (secondary N) is 1. The lowest BCUT2D eigenvalue weighted by Crippen LogP contribution is -2.43. The van der Waals surface area contributed by atoms with Crippen molar-refractivity contribution >= 4 is 5.97 Å². The Labute approximate surface area is 119 Å². The van der Waals surface area contributed by atoms with Crippen LogP contribution in [0, 0.1) is 5.92 Å². The van der Waals surface area contributed by atoms with E-state index in [0.29, 0.717) is 5.56 Å². The van der Waals surface area contributed by atoms with Crippen molar-refractivity contribution in [2.45, 2.75) is 39.3 Å². The number of phenolic OH excluding ortho intramolecular Hbond substituents is 2. The Kier molecular flexibility index (Phi) is 5.82. The van der Waals surface area contributed by atoms with Crippen molar-refractivity contribution in [2.75, 3.05) is 7.11 Å². The fourth-order valence-electron chi connectivity index (χ4n) is 2.08. The molecule has 0 radical (unpaired) electrons. The maximum absolute atomic E-state index is 11.8. The summed E-state index contributed by atoms with van der Waals surface area (Å²) in [6.07, 6.45) is 0.834. The Morgan fingerprint density at radius 1 is 1.35 bits per heavy atom. The lowest BCUT2D eigenvalue weighted by atomic mass is 9.97. The summed E-state index contributed by atoms with van der Waals surface area (Å²) in [5, 5.41) is 22.3. The maximum atomic E-state index is 11.8. The molecular formula is C15H23NO4. The van der Waals surface area contributed by atoms with E-state index in [0.717, 1.165) is 6.42 Å². The van der Waals surface area contributed by atoms with Gasteiger partial charge in [-0.25, -0.2) is 0 Å². The van der Waals surface area contributed by atoms with E-state index in [1.165, 1.54) is 19.2 Å². The normalized spacial score (nSPS) is 15.4. The van der Waals surface area contributed by atoms with Crippen LogP contribution in [0.15, 0.2) is 18.2 Å². The number of aromatic hydroxyl groups is 2. The van der Waals surface area contributed by atoms with E-state index in [9.17, 15) is 15.0 Å². The van der Waals surface area contributed by atoms with Gasteiger partial charge in [-0.3, -0.25) is 10.1 Å². The van der Waals surface area contributed by atoms with Crippen LogP contribution in [-0.2, 0) is 9.53 Å². The van der Waals surface area contributed by atoms with E-state index < -0.39 is 6.04 Å². The molecule has 0 aromatic heterocycles. The number of carbonyl (C=O) groups is 1. The number of phenols is 2. The van der Waals surface area contributed by atoms with Crippen molar-refractivity contribution < 1.29 is 19.7 Å². The summed E-state index contributed by atoms with van der Waals surface area (Å²) < 4.78 is 4.82. The smallest absolute Gasteiger partial charge is 0.323 e. The zero-order valence-corrected chi connectivity index (χ0v) is 12.4. The molecule has 0 bridgehead atoms. The van der Waals surface area contributed by atoms with E-state index in [2.05, 4.69) is 5.32 Å². The summed E-state index contributed by atoms with van der Waals surface area (Å²) >= 11 is 0. The van der Waals surface area contributed by atoms with E-state index in [-0.39, 0.29) is 29.4 Å². The highest BCUT2D eigenvalue weighted by Gasteiger charge is 2.27. The first-order valence-electron chi connectivity index (χ1n) is 6.76. The molecule has 0 aliphatic heterocycles. The first-order chi connectivity index (χ1) is 9.40. The van der Waals surface area contributed by atoms with Gasteiger partial charge in [0.2, 0.25) is 0 Å². The van der Waals surface area contributed by atoms with E-state index in [1.54, 1.807) is 6.07 Å². The van der Waals surface area contributed by atoms with E-state index >= 15 is 0 Å². The highest BCUT2D eigenvalue weighted by Crippen LogP contribution is 2.28. The summed E-state index contributed by atoms with van der Waals surface area (Å²) in [6, 6.07) is 3.74. The Hall–Kier alpha value is -1.75. The first kappa shape index (κ1) is 16.3. The summed E-state index contributed by atoms with van der Waals surface area (Å²) in [6.45, 7) is 5.83. The molecule has 0 fully saturated rings. The third-order valence-corrected chi connectivity index (χ3v) is 3.58. The van der Waals surface area contributed by atoms with Crippen LogP contribution < -0.4 is 5.32 Å². The molecule has 1 rings (SSSR count). The van der Waals surface area contributed by atoms with Crippen molar-refractivity contribution in [2.24, 2.45) is 5.92 Å². The van der Waals surface area contributed by atoms with Gasteiger partial charge in [-0.05, 0) is 18.9 Å². The van der Waals surface area contributed by atoms with Crippen molar-refractivity contribution in [3.63, 3.8) is 0 Å². The second kappa shape index (κ2) is 7.14. The first-order valence-corrected chi connectivity index (χ1v) is 6.76. The molecule has 112 valence electrons. The fraction of sp³-hybridized carbons (Fsp3) is 0.533. The Bertz CT molecular complexity index is 461. The van der Waals surface area contributed by atoms with Crippen molar-refractivity contribution in [1.29, 1.82) is 0 Å². The van der Waals surface area contributed by atoms with Gasteiger partial charge >= 0.3 is 5.97 Å². The lowest BCUT2D eigenvalue weighted by molar-refractivity contribution is -0.144. The molecule has 0 amide bonds. The summed E-state index contributed by atoms with van der Waals surface area (Å²) in [7, 11) is 1.36. The molecule has 0 aliphatic carbocycles. The van der Waals surface area contributed by atoms with Crippen LogP contribution in [0.2, 0.25) is 0 Å². The molecule has 0 aliphatic rings. The molecule has 5 nitrogen and oxygen atoms in total. The third kappa shape index (κ3) is 3.87. The number of esters is 1. The minimum Gasteiger partial charge on any atom is -0.508 e. The highest BCUT2D eigenvalue weighted by atomic mass is 16.5. The number of hydrogen-bond donors (Lipinski definition) is 3. The minimum atomic E-state index is -0.437. The van der Waals surface area contributed by atoms with Crippen LogP contribution in [0.25, 0.3) is 0 Å². The zero-order valence-electron chi connectivity index (χ0n) is 12.4. The van der Waals surface area contributed by atoms with E-state index in [4.69, 9.17) is 4.74 Å². The lowest BCUT2D eigenvalue weighted by Gasteiger charge is -2.26. The fourth-order valence-corrected chi connectivity index (χ4v) is 2.08. The molecule has 0 heterocycles. The average Bonchev–Trinajstić information content (AvgIpc) is 2.42. The third-order valence-electron chi connectivity index (χ3n) is 3.58. The highest BCUT2D eigenvalue weighted by molar-refractivity contribution is 5.76. The number of ether oxygens (including phenoxy) is 1. The Morgan fingerprint density at radius 3 is 2.50 bits per heavy atom. The molecule has 3 unspecified atom stereocenters. The van der Waals surface area contributed by atoms with Crippen molar-refractivity contribution in [3.05, 3.63) is 23.8 Å². The van der Waals surface area contributed by atoms with Gasteiger partial charge in [0, 0.05) is 17.7 Å². The predicted octanol–water partition coefficient (Wildman–Crippen LogP) is 2.34. The van der Waals surface area contributed by atoms with Gasteiger partial charge in [-0.15, -0.1) is 0 Å². The van der Waals surface area contributed by atoms with Gasteiger partial charge in [-0.2, -0.15) is 0 Å². The van der Waals surface area contributed by atoms with Crippen molar-refractivity contribution in [1.82, 2.24) is 5.32 Å². The van der Waals surface area contributed by atoms with Crippen LogP contribution >= 0.6 is 0 Å². The predicted molar refractivity (Wildman–Crippen MR) is 76.6 cm³/mol. The SMILES string of the molecule is CCC(C)C(NC(C)c1ccc(O)cc1O)C(=O)OC. The van der Waals surface area contributed by atoms with Gasteiger partial charge < -0.3 is 14.9 Å². The van der Waals surface area contributed by atoms with E-state index in [1.807, 2.05) is 20.8 Å². The van der Waals surface area contributed by atoms with Crippen LogP contribution in [0.3, 0.4) is 0 Å². The van der Waals surface area contributed by atoms with Crippen LogP contribution in [0.1, 0.15) is 38.8 Å². The number of hydrogen-bond acceptors (Lipinski definition) is 5. The molecule has 3 N–H and O–H groups in total. The van der Waals surface area contributed by atoms with Gasteiger partial charge in [-0.1, -0.05) is 26.3 Å². The summed E-state index contributed by atoms with van der Waals surface area (Å²) in [4.78, 5) is 11.8. The number of carbonyl (C=O) groups excluding carboxylic acids is 1. The monoisotopic (exact) mass is 281 g/mol. The number of benzene rings is 1. The van der Waals surface area contributed by atoms with Gasteiger partial charge in [0.05, 0.1) is 7.11 Å². The summed E-state index contributed by atoms with van der Waals surface area (Å²) in [5.74, 6) is -0.198. The minimum absolute atomic E-state index is 0.00207. The van der Waals surface area contributed by atoms with Crippen LogP contribution in [-0.4, -0.2) is 29.3 Å². The van der Waals surface area contributed by atoms with Crippen molar-refractivity contribution in [3.8, 4) is 11.5 Å². The molecule has 1 aromatic rings. The zero-order chi connectivity index (χ0) is 15.3. The summed E-state index contributed by atoms with van der Waals surface area (Å²) in [5.41, 5.74) is 0.625. The molecule has 0 saturated heterocycles. The molecule has 20 heavy (non-hydrogen) atoms. The average molecular weight is 281 g/mol. The topological polar surface area (TPSA) is 78.8 Å². The maximum Gasteiger partial charge on any atom is 0.323 e. The number of rotatable bonds is 6. The molecule has 5 heteroatoms. The van der Waals surface area contributed by atoms with Crippen LogP contribution in [0.4, 0.5) is 0 Å². The van der Waals surface area contributed by atoms with Crippen LogP contribution in [0.5, 0.6) is 11.5 Å². The number of methoxy groups -OCH3 is 1. The van der Waals surface area contributed by atoms with Gasteiger partial charge in [0.25, 0.3) is 0 Å². The molecular weight excluding hydrogens is 258 g/mol. The molecule has 0 saturated carbocycles. The molecule has 3 atom stereocenters. The second-order valence-corrected chi connectivity index (χ2v) is 5.02. The quantitative estimate of drug-likeness (QED) is 0.697.